The van der Waals surface area contributed by atoms with E-state index < -0.39 is 0 Å². The molecular formula is C17H20N2O. The number of methoxy groups -OCH3 is 1. The number of benzene rings is 1. The summed E-state index contributed by atoms with van der Waals surface area (Å²) >= 11 is 0. The average molecular weight is 268 g/mol. The topological polar surface area (TPSA) is 25.4 Å². The number of pyridine rings is 1. The Hall–Kier alpha value is -1.87. The highest BCUT2D eigenvalue weighted by molar-refractivity contribution is 5.33. The second-order valence-electron chi connectivity index (χ2n) is 5.27. The summed E-state index contributed by atoms with van der Waals surface area (Å²) in [5, 5.41) is 0. The van der Waals surface area contributed by atoms with Crippen molar-refractivity contribution in [3.8, 4) is 5.75 Å². The SMILES string of the molecule is COc1ccccc1CN(Cc1ccccn1)C1CC1. The van der Waals surface area contributed by atoms with Crippen molar-refractivity contribution in [2.45, 2.75) is 32.0 Å². The minimum absolute atomic E-state index is 0.696. The second-order valence-corrected chi connectivity index (χ2v) is 5.27. The van der Waals surface area contributed by atoms with Crippen LogP contribution in [0.5, 0.6) is 5.75 Å². The van der Waals surface area contributed by atoms with Gasteiger partial charge in [0.1, 0.15) is 5.75 Å². The van der Waals surface area contributed by atoms with Crippen LogP contribution in [0.2, 0.25) is 0 Å². The first kappa shape index (κ1) is 13.1. The molecule has 0 spiro atoms. The van der Waals surface area contributed by atoms with Crippen molar-refractivity contribution in [3.05, 3.63) is 59.9 Å². The van der Waals surface area contributed by atoms with E-state index in [4.69, 9.17) is 4.74 Å². The third-order valence-corrected chi connectivity index (χ3v) is 3.72. The van der Waals surface area contributed by atoms with Gasteiger partial charge in [-0.3, -0.25) is 9.88 Å². The zero-order valence-corrected chi connectivity index (χ0v) is 11.8. The lowest BCUT2D eigenvalue weighted by Gasteiger charge is -2.22. The van der Waals surface area contributed by atoms with Gasteiger partial charge >= 0.3 is 0 Å². The van der Waals surface area contributed by atoms with E-state index in [-0.39, 0.29) is 0 Å². The number of nitrogens with zero attached hydrogens (tertiary/aromatic N) is 2. The maximum absolute atomic E-state index is 5.45. The summed E-state index contributed by atoms with van der Waals surface area (Å²) in [6.45, 7) is 1.83. The molecule has 0 N–H and O–H groups in total. The van der Waals surface area contributed by atoms with Crippen LogP contribution in [-0.4, -0.2) is 23.0 Å². The summed E-state index contributed by atoms with van der Waals surface area (Å²) in [6, 6.07) is 15.1. The van der Waals surface area contributed by atoms with E-state index >= 15 is 0 Å². The Balaban J connectivity index is 1.74. The Morgan fingerprint density at radius 3 is 2.60 bits per heavy atom. The van der Waals surface area contributed by atoms with E-state index in [1.807, 2.05) is 24.4 Å². The predicted molar refractivity (Wildman–Crippen MR) is 79.5 cm³/mol. The van der Waals surface area contributed by atoms with Gasteiger partial charge in [-0.1, -0.05) is 24.3 Å². The molecule has 0 aliphatic heterocycles. The fraction of sp³-hybridized carbons (Fsp3) is 0.353. The molecule has 0 amide bonds. The molecule has 1 aromatic carbocycles. The zero-order chi connectivity index (χ0) is 13.8. The molecule has 2 aromatic rings. The molecule has 3 nitrogen and oxygen atoms in total. The maximum atomic E-state index is 5.45. The highest BCUT2D eigenvalue weighted by atomic mass is 16.5. The molecule has 1 heterocycles. The van der Waals surface area contributed by atoms with Gasteiger partial charge in [-0.25, -0.2) is 0 Å². The van der Waals surface area contributed by atoms with E-state index in [0.29, 0.717) is 6.04 Å². The van der Waals surface area contributed by atoms with Crippen LogP contribution in [0.25, 0.3) is 0 Å². The van der Waals surface area contributed by atoms with E-state index in [2.05, 4.69) is 34.1 Å². The molecule has 1 saturated carbocycles. The van der Waals surface area contributed by atoms with Crippen LogP contribution in [-0.2, 0) is 13.1 Å². The van der Waals surface area contributed by atoms with E-state index in [9.17, 15) is 0 Å². The predicted octanol–water partition coefficient (Wildman–Crippen LogP) is 3.25. The summed E-state index contributed by atoms with van der Waals surface area (Å²) in [7, 11) is 1.74. The van der Waals surface area contributed by atoms with Gasteiger partial charge in [-0.15, -0.1) is 0 Å². The number of hydrogen-bond donors (Lipinski definition) is 0. The molecule has 104 valence electrons. The van der Waals surface area contributed by atoms with Crippen molar-refractivity contribution in [2.75, 3.05) is 7.11 Å². The Morgan fingerprint density at radius 1 is 1.10 bits per heavy atom. The van der Waals surface area contributed by atoms with Gasteiger partial charge in [0.15, 0.2) is 0 Å². The number of para-hydroxylation sites is 1. The standard InChI is InChI=1S/C17H20N2O/c1-20-17-8-3-2-6-14(17)12-19(16-9-10-16)13-15-7-4-5-11-18-15/h2-8,11,16H,9-10,12-13H2,1H3. The third kappa shape index (κ3) is 3.17. The Bertz CT molecular complexity index is 552. The third-order valence-electron chi connectivity index (χ3n) is 3.72. The van der Waals surface area contributed by atoms with Crippen LogP contribution in [0.1, 0.15) is 24.1 Å². The van der Waals surface area contributed by atoms with Crippen molar-refractivity contribution < 1.29 is 4.74 Å². The molecule has 3 rings (SSSR count). The van der Waals surface area contributed by atoms with Crippen LogP contribution in [0.4, 0.5) is 0 Å². The first-order valence-corrected chi connectivity index (χ1v) is 7.12. The molecule has 0 unspecified atom stereocenters. The highest BCUT2D eigenvalue weighted by Crippen LogP contribution is 2.31. The van der Waals surface area contributed by atoms with Crippen LogP contribution >= 0.6 is 0 Å². The van der Waals surface area contributed by atoms with Gasteiger partial charge in [0, 0.05) is 30.9 Å². The molecule has 1 aliphatic carbocycles. The fourth-order valence-electron chi connectivity index (χ4n) is 2.51. The van der Waals surface area contributed by atoms with Crippen molar-refractivity contribution in [1.82, 2.24) is 9.88 Å². The van der Waals surface area contributed by atoms with Gasteiger partial charge in [-0.2, -0.15) is 0 Å². The summed E-state index contributed by atoms with van der Waals surface area (Å²) in [4.78, 5) is 6.94. The Labute approximate surface area is 120 Å². The number of ether oxygens (including phenoxy) is 1. The van der Waals surface area contributed by atoms with Crippen LogP contribution in [0.15, 0.2) is 48.7 Å². The number of aromatic nitrogens is 1. The van der Waals surface area contributed by atoms with Crippen molar-refractivity contribution in [2.24, 2.45) is 0 Å². The van der Waals surface area contributed by atoms with Gasteiger partial charge in [-0.05, 0) is 31.0 Å². The number of hydrogen-bond acceptors (Lipinski definition) is 3. The minimum atomic E-state index is 0.696. The molecule has 0 radical (unpaired) electrons. The van der Waals surface area contributed by atoms with E-state index in [1.165, 1.54) is 18.4 Å². The van der Waals surface area contributed by atoms with Crippen LogP contribution in [0, 0.1) is 0 Å². The quantitative estimate of drug-likeness (QED) is 0.804. The van der Waals surface area contributed by atoms with Crippen LogP contribution in [0.3, 0.4) is 0 Å². The van der Waals surface area contributed by atoms with Crippen molar-refractivity contribution in [1.29, 1.82) is 0 Å². The first-order chi connectivity index (χ1) is 9.86. The molecule has 0 saturated heterocycles. The highest BCUT2D eigenvalue weighted by Gasteiger charge is 2.29. The first-order valence-electron chi connectivity index (χ1n) is 7.12. The Kier molecular flexibility index (Phi) is 3.97. The zero-order valence-electron chi connectivity index (χ0n) is 11.8. The van der Waals surface area contributed by atoms with Crippen molar-refractivity contribution >= 4 is 0 Å². The normalized spacial score (nSPS) is 14.5. The van der Waals surface area contributed by atoms with Crippen LogP contribution < -0.4 is 4.74 Å². The molecule has 20 heavy (non-hydrogen) atoms. The summed E-state index contributed by atoms with van der Waals surface area (Å²) in [6.07, 6.45) is 4.45. The van der Waals surface area contributed by atoms with Gasteiger partial charge in [0.05, 0.1) is 12.8 Å². The smallest absolute Gasteiger partial charge is 0.123 e. The van der Waals surface area contributed by atoms with Gasteiger partial charge in [0.2, 0.25) is 0 Å². The summed E-state index contributed by atoms with van der Waals surface area (Å²) < 4.78 is 5.45. The van der Waals surface area contributed by atoms with E-state index in [1.54, 1.807) is 7.11 Å². The minimum Gasteiger partial charge on any atom is -0.496 e. The fourth-order valence-corrected chi connectivity index (χ4v) is 2.51. The maximum Gasteiger partial charge on any atom is 0.123 e. The average Bonchev–Trinajstić information content (AvgIpc) is 3.33. The monoisotopic (exact) mass is 268 g/mol. The summed E-state index contributed by atoms with van der Waals surface area (Å²) in [5.74, 6) is 0.971. The van der Waals surface area contributed by atoms with Gasteiger partial charge < -0.3 is 4.74 Å². The second kappa shape index (κ2) is 6.06. The summed E-state index contributed by atoms with van der Waals surface area (Å²) in [5.41, 5.74) is 2.38. The molecule has 3 heteroatoms. The van der Waals surface area contributed by atoms with Gasteiger partial charge in [0.25, 0.3) is 0 Å². The molecular weight excluding hydrogens is 248 g/mol. The lowest BCUT2D eigenvalue weighted by molar-refractivity contribution is 0.239. The van der Waals surface area contributed by atoms with E-state index in [0.717, 1.165) is 24.5 Å². The number of rotatable bonds is 6. The molecule has 0 bridgehead atoms. The molecule has 0 atom stereocenters. The van der Waals surface area contributed by atoms with Crippen molar-refractivity contribution in [3.63, 3.8) is 0 Å². The Morgan fingerprint density at radius 2 is 1.90 bits per heavy atom. The lowest BCUT2D eigenvalue weighted by atomic mass is 10.1. The lowest BCUT2D eigenvalue weighted by Crippen LogP contribution is -2.25. The molecule has 1 fully saturated rings. The molecule has 1 aliphatic rings. The largest absolute Gasteiger partial charge is 0.496 e. The molecule has 1 aromatic heterocycles.